The van der Waals surface area contributed by atoms with Crippen molar-refractivity contribution in [1.82, 2.24) is 0 Å². The minimum absolute atomic E-state index is 0.0498. The average Bonchev–Trinajstić information content (AvgIpc) is 2.62. The number of nitrogens with one attached hydrogen (secondary N) is 1. The molecular weight excluding hydrogens is 330 g/mol. The van der Waals surface area contributed by atoms with Crippen molar-refractivity contribution in [2.45, 2.75) is 63.2 Å². The summed E-state index contributed by atoms with van der Waals surface area (Å²) in [6.45, 7) is 6.49. The highest BCUT2D eigenvalue weighted by Gasteiger charge is 2.21. The molecule has 4 heteroatoms. The van der Waals surface area contributed by atoms with E-state index < -0.39 is 10.0 Å². The summed E-state index contributed by atoms with van der Waals surface area (Å²) in [6.07, 6.45) is 5.28. The first-order chi connectivity index (χ1) is 11.8. The van der Waals surface area contributed by atoms with Gasteiger partial charge < -0.3 is 0 Å². The number of hydrogen-bond donors (Lipinski definition) is 1. The fourth-order valence-corrected chi connectivity index (χ4v) is 4.46. The van der Waals surface area contributed by atoms with E-state index in [1.54, 1.807) is 12.1 Å². The van der Waals surface area contributed by atoms with Crippen molar-refractivity contribution in [3.05, 3.63) is 59.2 Å². The van der Waals surface area contributed by atoms with E-state index in [0.29, 0.717) is 4.90 Å². The van der Waals surface area contributed by atoms with Crippen LogP contribution in [0.3, 0.4) is 0 Å². The zero-order valence-corrected chi connectivity index (χ0v) is 16.1. The summed E-state index contributed by atoms with van der Waals surface area (Å²) < 4.78 is 28.4. The minimum atomic E-state index is -3.57. The molecule has 3 rings (SSSR count). The molecule has 0 aliphatic heterocycles. The predicted octanol–water partition coefficient (Wildman–Crippen LogP) is 5.05. The summed E-state index contributed by atoms with van der Waals surface area (Å²) >= 11 is 0. The maximum Gasteiger partial charge on any atom is 0.261 e. The van der Waals surface area contributed by atoms with Gasteiger partial charge in [-0.15, -0.1) is 0 Å². The van der Waals surface area contributed by atoms with Gasteiger partial charge in [0, 0.05) is 0 Å². The molecule has 0 aromatic heterocycles. The van der Waals surface area contributed by atoms with Crippen molar-refractivity contribution in [2.75, 3.05) is 4.72 Å². The average molecular weight is 358 g/mol. The lowest BCUT2D eigenvalue weighted by Gasteiger charge is -2.23. The van der Waals surface area contributed by atoms with E-state index in [2.05, 4.69) is 31.6 Å². The van der Waals surface area contributed by atoms with Crippen molar-refractivity contribution in [3.8, 4) is 0 Å². The molecule has 0 fully saturated rings. The van der Waals surface area contributed by atoms with Crippen molar-refractivity contribution >= 4 is 15.7 Å². The fraction of sp³-hybridized carbons (Fsp3) is 0.429. The Labute approximate surface area is 151 Å². The van der Waals surface area contributed by atoms with Crippen LogP contribution in [0.25, 0.3) is 0 Å². The Morgan fingerprint density at radius 2 is 1.68 bits per heavy atom. The van der Waals surface area contributed by atoms with E-state index in [1.165, 1.54) is 12.0 Å². The summed E-state index contributed by atoms with van der Waals surface area (Å²) in [4.78, 5) is 0.316. The fourth-order valence-electron chi connectivity index (χ4n) is 3.37. The molecule has 1 aliphatic rings. The van der Waals surface area contributed by atoms with Crippen LogP contribution in [0.1, 0.15) is 56.7 Å². The van der Waals surface area contributed by atoms with Gasteiger partial charge in [-0.25, -0.2) is 8.42 Å². The largest absolute Gasteiger partial charge is 0.279 e. The summed E-state index contributed by atoms with van der Waals surface area (Å²) in [6, 6.07) is 13.2. The molecule has 1 N–H and O–H groups in total. The van der Waals surface area contributed by atoms with Gasteiger partial charge in [0.2, 0.25) is 0 Å². The standard InChI is InChI=1S/C21H27NO2S/c1-4-21(2,3)17-12-14-18(15-13-17)25(23,24)22-20-11-7-9-16-8-5-6-10-19(16)20/h7,9,11-15,22H,4-6,8,10H2,1-3H3. The van der Waals surface area contributed by atoms with Gasteiger partial charge in [-0.1, -0.05) is 45.0 Å². The van der Waals surface area contributed by atoms with E-state index in [0.717, 1.165) is 42.5 Å². The second-order valence-corrected chi connectivity index (χ2v) is 9.20. The van der Waals surface area contributed by atoms with Crippen LogP contribution in [0, 0.1) is 0 Å². The van der Waals surface area contributed by atoms with Crippen molar-refractivity contribution in [2.24, 2.45) is 0 Å². The SMILES string of the molecule is CCC(C)(C)c1ccc(S(=O)(=O)Nc2cccc3c2CCCC3)cc1. The van der Waals surface area contributed by atoms with E-state index in [4.69, 9.17) is 0 Å². The monoisotopic (exact) mass is 357 g/mol. The number of sulfonamides is 1. The van der Waals surface area contributed by atoms with E-state index >= 15 is 0 Å². The molecule has 0 saturated heterocycles. The first-order valence-electron chi connectivity index (χ1n) is 9.07. The van der Waals surface area contributed by atoms with Crippen molar-refractivity contribution in [1.29, 1.82) is 0 Å². The minimum Gasteiger partial charge on any atom is -0.279 e. The zero-order valence-electron chi connectivity index (χ0n) is 15.3. The second kappa shape index (κ2) is 6.83. The highest BCUT2D eigenvalue weighted by Crippen LogP contribution is 2.31. The predicted molar refractivity (Wildman–Crippen MR) is 104 cm³/mol. The number of hydrogen-bond acceptors (Lipinski definition) is 2. The summed E-state index contributed by atoms with van der Waals surface area (Å²) in [5.74, 6) is 0. The molecule has 25 heavy (non-hydrogen) atoms. The van der Waals surface area contributed by atoms with E-state index in [-0.39, 0.29) is 5.41 Å². The maximum atomic E-state index is 12.8. The molecule has 2 aromatic rings. The molecule has 3 nitrogen and oxygen atoms in total. The topological polar surface area (TPSA) is 46.2 Å². The van der Waals surface area contributed by atoms with Gasteiger partial charge in [-0.3, -0.25) is 4.72 Å². The lowest BCUT2D eigenvalue weighted by Crippen LogP contribution is -2.18. The molecule has 134 valence electrons. The lowest BCUT2D eigenvalue weighted by molar-refractivity contribution is 0.506. The third-order valence-corrected chi connectivity index (χ3v) is 6.85. The quantitative estimate of drug-likeness (QED) is 0.813. The number of anilines is 1. The Kier molecular flexibility index (Phi) is 4.92. The maximum absolute atomic E-state index is 12.8. The highest BCUT2D eigenvalue weighted by atomic mass is 32.2. The van der Waals surface area contributed by atoms with Gasteiger partial charge in [-0.2, -0.15) is 0 Å². The first-order valence-corrected chi connectivity index (χ1v) is 10.6. The van der Waals surface area contributed by atoms with Crippen LogP contribution in [0.2, 0.25) is 0 Å². The van der Waals surface area contributed by atoms with Crippen molar-refractivity contribution in [3.63, 3.8) is 0 Å². The highest BCUT2D eigenvalue weighted by molar-refractivity contribution is 7.92. The van der Waals surface area contributed by atoms with E-state index in [9.17, 15) is 8.42 Å². The molecule has 0 radical (unpaired) electrons. The van der Waals surface area contributed by atoms with Crippen LogP contribution in [0.5, 0.6) is 0 Å². The second-order valence-electron chi connectivity index (χ2n) is 7.52. The Bertz CT molecular complexity index is 852. The zero-order chi connectivity index (χ0) is 18.1. The molecule has 0 atom stereocenters. The van der Waals surface area contributed by atoms with Crippen LogP contribution in [-0.4, -0.2) is 8.42 Å². The summed E-state index contributed by atoms with van der Waals surface area (Å²) in [7, 11) is -3.57. The molecule has 0 heterocycles. The molecule has 0 unspecified atom stereocenters. The Hall–Kier alpha value is -1.81. The van der Waals surface area contributed by atoms with Gasteiger partial charge in [0.25, 0.3) is 10.0 Å². The summed E-state index contributed by atoms with van der Waals surface area (Å²) in [5, 5.41) is 0. The molecule has 0 bridgehead atoms. The normalized spacial score (nSPS) is 14.8. The number of rotatable bonds is 5. The smallest absolute Gasteiger partial charge is 0.261 e. The Morgan fingerprint density at radius 3 is 2.36 bits per heavy atom. The molecule has 0 amide bonds. The van der Waals surface area contributed by atoms with Crippen LogP contribution in [0.4, 0.5) is 5.69 Å². The Morgan fingerprint density at radius 1 is 1.00 bits per heavy atom. The van der Waals surface area contributed by atoms with Gasteiger partial charge >= 0.3 is 0 Å². The van der Waals surface area contributed by atoms with Gasteiger partial charge in [0.05, 0.1) is 10.6 Å². The van der Waals surface area contributed by atoms with E-state index in [1.807, 2.05) is 24.3 Å². The van der Waals surface area contributed by atoms with Crippen LogP contribution in [0.15, 0.2) is 47.4 Å². The third-order valence-electron chi connectivity index (χ3n) is 5.47. The molecule has 2 aromatic carbocycles. The number of fused-ring (bicyclic) bond motifs is 1. The van der Waals surface area contributed by atoms with Gasteiger partial charge in [0.15, 0.2) is 0 Å². The lowest BCUT2D eigenvalue weighted by atomic mass is 9.82. The van der Waals surface area contributed by atoms with Gasteiger partial charge in [0.1, 0.15) is 0 Å². The summed E-state index contributed by atoms with van der Waals surface area (Å²) in [5.41, 5.74) is 4.36. The first kappa shape index (κ1) is 18.0. The van der Waals surface area contributed by atoms with Crippen LogP contribution < -0.4 is 4.72 Å². The third kappa shape index (κ3) is 3.74. The number of aryl methyl sites for hydroxylation is 1. The Balaban J connectivity index is 1.88. The van der Waals surface area contributed by atoms with Gasteiger partial charge in [-0.05, 0) is 72.4 Å². The molecular formula is C21H27NO2S. The molecule has 0 spiro atoms. The molecule has 0 saturated carbocycles. The molecule has 1 aliphatic carbocycles. The van der Waals surface area contributed by atoms with Crippen LogP contribution in [-0.2, 0) is 28.3 Å². The number of benzene rings is 2. The van der Waals surface area contributed by atoms with Crippen LogP contribution >= 0.6 is 0 Å². The van der Waals surface area contributed by atoms with Crippen molar-refractivity contribution < 1.29 is 8.42 Å².